The third-order valence-electron chi connectivity index (χ3n) is 3.26. The standard InChI is InChI=1S/C15H20N4OS/c1-10-11(2)21-15(18-10)9-19(8-14(17)20)7-12-5-3-4-6-13(12)16/h3-6H,7-9,16H2,1-2H3,(H2,17,20). The summed E-state index contributed by atoms with van der Waals surface area (Å²) in [5, 5.41) is 0.987. The summed E-state index contributed by atoms with van der Waals surface area (Å²) >= 11 is 1.65. The molecular formula is C15H20N4OS. The molecule has 0 fully saturated rings. The topological polar surface area (TPSA) is 85.2 Å². The van der Waals surface area contributed by atoms with Gasteiger partial charge in [0.15, 0.2) is 0 Å². The number of carbonyl (C=O) groups is 1. The molecule has 0 saturated carbocycles. The Labute approximate surface area is 128 Å². The predicted molar refractivity (Wildman–Crippen MR) is 85.8 cm³/mol. The predicted octanol–water partition coefficient (Wildman–Crippen LogP) is 1.83. The van der Waals surface area contributed by atoms with Crippen LogP contribution in [0.25, 0.3) is 0 Å². The van der Waals surface area contributed by atoms with E-state index >= 15 is 0 Å². The van der Waals surface area contributed by atoms with E-state index in [0.717, 1.165) is 22.0 Å². The number of aryl methyl sites for hydroxylation is 2. The zero-order chi connectivity index (χ0) is 15.4. The summed E-state index contributed by atoms with van der Waals surface area (Å²) < 4.78 is 0. The number of benzene rings is 1. The third-order valence-corrected chi connectivity index (χ3v) is 4.32. The van der Waals surface area contributed by atoms with Crippen LogP contribution in [0.15, 0.2) is 24.3 Å². The molecule has 0 spiro atoms. The highest BCUT2D eigenvalue weighted by Crippen LogP contribution is 2.20. The molecule has 0 aliphatic carbocycles. The Morgan fingerprint density at radius 1 is 1.29 bits per heavy atom. The lowest BCUT2D eigenvalue weighted by Crippen LogP contribution is -2.33. The molecule has 0 atom stereocenters. The molecule has 112 valence electrons. The van der Waals surface area contributed by atoms with Crippen molar-refractivity contribution in [2.45, 2.75) is 26.9 Å². The molecule has 2 rings (SSSR count). The van der Waals surface area contributed by atoms with E-state index < -0.39 is 0 Å². The minimum atomic E-state index is -0.352. The Balaban J connectivity index is 2.14. The monoisotopic (exact) mass is 304 g/mol. The molecule has 1 aromatic carbocycles. The van der Waals surface area contributed by atoms with Crippen LogP contribution in [0.5, 0.6) is 0 Å². The van der Waals surface area contributed by atoms with Crippen LogP contribution in [0.1, 0.15) is 21.1 Å². The Morgan fingerprint density at radius 3 is 2.57 bits per heavy atom. The minimum absolute atomic E-state index is 0.187. The zero-order valence-electron chi connectivity index (χ0n) is 12.3. The third kappa shape index (κ3) is 4.27. The van der Waals surface area contributed by atoms with Crippen molar-refractivity contribution in [2.75, 3.05) is 12.3 Å². The molecule has 0 aliphatic rings. The molecule has 0 aliphatic heterocycles. The Morgan fingerprint density at radius 2 is 2.00 bits per heavy atom. The number of nitrogen functional groups attached to an aromatic ring is 1. The highest BCUT2D eigenvalue weighted by molar-refractivity contribution is 7.11. The van der Waals surface area contributed by atoms with Crippen molar-refractivity contribution in [1.82, 2.24) is 9.88 Å². The van der Waals surface area contributed by atoms with Gasteiger partial charge in [-0.25, -0.2) is 4.98 Å². The number of para-hydroxylation sites is 1. The number of aromatic nitrogens is 1. The molecule has 0 bridgehead atoms. The average molecular weight is 304 g/mol. The van der Waals surface area contributed by atoms with Gasteiger partial charge in [0.1, 0.15) is 5.01 Å². The quantitative estimate of drug-likeness (QED) is 0.797. The molecule has 2 aromatic rings. The number of nitrogens with two attached hydrogens (primary N) is 2. The average Bonchev–Trinajstić information content (AvgIpc) is 2.70. The summed E-state index contributed by atoms with van der Waals surface area (Å²) in [6.45, 7) is 5.39. The summed E-state index contributed by atoms with van der Waals surface area (Å²) in [5.74, 6) is -0.352. The van der Waals surface area contributed by atoms with Gasteiger partial charge in [-0.2, -0.15) is 0 Å². The van der Waals surface area contributed by atoms with E-state index in [2.05, 4.69) is 4.98 Å². The lowest BCUT2D eigenvalue weighted by molar-refractivity contribution is -0.119. The molecule has 1 aromatic heterocycles. The number of rotatable bonds is 6. The number of carbonyl (C=O) groups excluding carboxylic acids is 1. The van der Waals surface area contributed by atoms with Crippen LogP contribution < -0.4 is 11.5 Å². The summed E-state index contributed by atoms with van der Waals surface area (Å²) in [6.07, 6.45) is 0. The Bertz CT molecular complexity index is 619. The van der Waals surface area contributed by atoms with Crippen molar-refractivity contribution in [2.24, 2.45) is 5.73 Å². The number of hydrogen-bond donors (Lipinski definition) is 2. The van der Waals surface area contributed by atoms with Gasteiger partial charge in [0.05, 0.1) is 18.8 Å². The van der Waals surface area contributed by atoms with Gasteiger partial charge in [-0.3, -0.25) is 9.69 Å². The van der Waals surface area contributed by atoms with Gasteiger partial charge in [0.25, 0.3) is 0 Å². The van der Waals surface area contributed by atoms with Crippen LogP contribution >= 0.6 is 11.3 Å². The van der Waals surface area contributed by atoms with E-state index in [1.54, 1.807) is 11.3 Å². The molecule has 4 N–H and O–H groups in total. The van der Waals surface area contributed by atoms with E-state index in [9.17, 15) is 4.79 Å². The van der Waals surface area contributed by atoms with Crippen molar-refractivity contribution in [3.05, 3.63) is 45.4 Å². The first-order valence-electron chi connectivity index (χ1n) is 6.72. The second-order valence-corrected chi connectivity index (χ2v) is 6.35. The first-order chi connectivity index (χ1) is 9.95. The minimum Gasteiger partial charge on any atom is -0.398 e. The molecule has 0 radical (unpaired) electrons. The maximum atomic E-state index is 11.3. The number of hydrogen-bond acceptors (Lipinski definition) is 5. The van der Waals surface area contributed by atoms with Gasteiger partial charge in [-0.05, 0) is 25.5 Å². The van der Waals surface area contributed by atoms with Crippen LogP contribution in [0, 0.1) is 13.8 Å². The summed E-state index contributed by atoms with van der Waals surface area (Å²) in [7, 11) is 0. The lowest BCUT2D eigenvalue weighted by atomic mass is 10.1. The molecule has 0 saturated heterocycles. The van der Waals surface area contributed by atoms with Crippen LogP contribution in [0.2, 0.25) is 0 Å². The van der Waals surface area contributed by atoms with Crippen molar-refractivity contribution in [3.63, 3.8) is 0 Å². The molecular weight excluding hydrogens is 284 g/mol. The summed E-state index contributed by atoms with van der Waals surface area (Å²) in [6, 6.07) is 7.65. The smallest absolute Gasteiger partial charge is 0.231 e. The number of thiazole rings is 1. The summed E-state index contributed by atoms with van der Waals surface area (Å²) in [5.41, 5.74) is 14.1. The fourth-order valence-corrected chi connectivity index (χ4v) is 3.08. The van der Waals surface area contributed by atoms with E-state index in [0.29, 0.717) is 13.1 Å². The molecule has 6 heteroatoms. The van der Waals surface area contributed by atoms with Crippen LogP contribution in [-0.2, 0) is 17.9 Å². The first-order valence-corrected chi connectivity index (χ1v) is 7.54. The van der Waals surface area contributed by atoms with Gasteiger partial charge in [0.2, 0.25) is 5.91 Å². The molecule has 5 nitrogen and oxygen atoms in total. The SMILES string of the molecule is Cc1nc(CN(CC(N)=O)Cc2ccccc2N)sc1C. The highest BCUT2D eigenvalue weighted by Gasteiger charge is 2.14. The normalized spacial score (nSPS) is 11.0. The van der Waals surface area contributed by atoms with Gasteiger partial charge < -0.3 is 11.5 Å². The first kappa shape index (κ1) is 15.5. The fourth-order valence-electron chi connectivity index (χ4n) is 2.11. The molecule has 0 unspecified atom stereocenters. The molecule has 1 heterocycles. The number of nitrogens with zero attached hydrogens (tertiary/aromatic N) is 2. The second-order valence-electron chi connectivity index (χ2n) is 5.06. The van der Waals surface area contributed by atoms with E-state index in [1.165, 1.54) is 4.88 Å². The lowest BCUT2D eigenvalue weighted by Gasteiger charge is -2.20. The van der Waals surface area contributed by atoms with Crippen molar-refractivity contribution in [1.29, 1.82) is 0 Å². The van der Waals surface area contributed by atoms with E-state index in [-0.39, 0.29) is 12.5 Å². The zero-order valence-corrected chi connectivity index (χ0v) is 13.1. The maximum Gasteiger partial charge on any atom is 0.231 e. The molecule has 21 heavy (non-hydrogen) atoms. The Hall–Kier alpha value is -1.92. The van der Waals surface area contributed by atoms with Crippen LogP contribution in [-0.4, -0.2) is 22.3 Å². The van der Waals surface area contributed by atoms with Crippen LogP contribution in [0.3, 0.4) is 0 Å². The number of primary amides is 1. The van der Waals surface area contributed by atoms with Crippen molar-refractivity contribution >= 4 is 22.9 Å². The van der Waals surface area contributed by atoms with Gasteiger partial charge in [-0.15, -0.1) is 11.3 Å². The van der Waals surface area contributed by atoms with Crippen LogP contribution in [0.4, 0.5) is 5.69 Å². The Kier molecular flexibility index (Phi) is 4.93. The highest BCUT2D eigenvalue weighted by atomic mass is 32.1. The van der Waals surface area contributed by atoms with Crippen molar-refractivity contribution in [3.8, 4) is 0 Å². The number of amides is 1. The van der Waals surface area contributed by atoms with Crippen molar-refractivity contribution < 1.29 is 4.79 Å². The largest absolute Gasteiger partial charge is 0.398 e. The fraction of sp³-hybridized carbons (Fsp3) is 0.333. The van der Waals surface area contributed by atoms with Gasteiger partial charge in [0, 0.05) is 17.1 Å². The van der Waals surface area contributed by atoms with Gasteiger partial charge >= 0.3 is 0 Å². The molecule has 1 amide bonds. The van der Waals surface area contributed by atoms with Gasteiger partial charge in [-0.1, -0.05) is 18.2 Å². The second kappa shape index (κ2) is 6.69. The maximum absolute atomic E-state index is 11.3. The number of anilines is 1. The van der Waals surface area contributed by atoms with E-state index in [4.69, 9.17) is 11.5 Å². The van der Waals surface area contributed by atoms with E-state index in [1.807, 2.05) is 43.0 Å². The summed E-state index contributed by atoms with van der Waals surface area (Å²) in [4.78, 5) is 19.0.